The predicted molar refractivity (Wildman–Crippen MR) is 125 cm³/mol. The molecule has 33 heavy (non-hydrogen) atoms. The fourth-order valence-electron chi connectivity index (χ4n) is 4.26. The van der Waals surface area contributed by atoms with Crippen LogP contribution in [-0.2, 0) is 6.54 Å². The summed E-state index contributed by atoms with van der Waals surface area (Å²) in [5, 5.41) is 6.86. The summed E-state index contributed by atoms with van der Waals surface area (Å²) in [7, 11) is 3.25. The molecule has 168 valence electrons. The van der Waals surface area contributed by atoms with Crippen molar-refractivity contribution in [3.63, 3.8) is 0 Å². The highest BCUT2D eigenvalue weighted by Crippen LogP contribution is 2.28. The summed E-state index contributed by atoms with van der Waals surface area (Å²) in [5.74, 6) is 0.569. The van der Waals surface area contributed by atoms with Crippen LogP contribution in [0, 0.1) is 0 Å². The van der Waals surface area contributed by atoms with Crippen molar-refractivity contribution < 1.29 is 9.53 Å². The van der Waals surface area contributed by atoms with Crippen molar-refractivity contribution in [1.82, 2.24) is 29.8 Å². The summed E-state index contributed by atoms with van der Waals surface area (Å²) >= 11 is 0. The van der Waals surface area contributed by atoms with Crippen molar-refractivity contribution >= 4 is 28.0 Å². The third-order valence-corrected chi connectivity index (χ3v) is 6.03. The Labute approximate surface area is 189 Å². The van der Waals surface area contributed by atoms with E-state index in [2.05, 4.69) is 31.4 Å². The van der Waals surface area contributed by atoms with Gasteiger partial charge in [0.15, 0.2) is 0 Å². The van der Waals surface area contributed by atoms with Crippen LogP contribution in [0.1, 0.15) is 28.0 Å². The molecule has 1 aliphatic heterocycles. The van der Waals surface area contributed by atoms with Gasteiger partial charge in [0, 0.05) is 44.5 Å². The predicted octanol–water partition coefficient (Wildman–Crippen LogP) is 2.23. The highest BCUT2D eigenvalue weighted by Gasteiger charge is 2.17. The molecule has 0 fully saturated rings. The van der Waals surface area contributed by atoms with Crippen molar-refractivity contribution in [2.75, 3.05) is 27.2 Å². The number of rotatable bonds is 5. The number of carbonyl (C=O) groups is 1. The van der Waals surface area contributed by atoms with Crippen LogP contribution in [0.3, 0.4) is 0 Å². The lowest BCUT2D eigenvalue weighted by Crippen LogP contribution is -2.28. The molecule has 0 aliphatic carbocycles. The first-order chi connectivity index (χ1) is 16.1. The van der Waals surface area contributed by atoms with Crippen molar-refractivity contribution in [3.05, 3.63) is 76.0 Å². The summed E-state index contributed by atoms with van der Waals surface area (Å²) in [6.45, 7) is 2.34. The minimum atomic E-state index is -0.190. The summed E-state index contributed by atoms with van der Waals surface area (Å²) < 4.78 is 7.30. The standard InChI is InChI=1S/C24H24N6O3/c1-25-23(31)18-4-3-16(13-26-18)15-6-9-29(10-7-15)14-17-11-19-21(12-22(17)33-2)30-20(5-8-27-30)24(32)28-19/h3-6,8,11-13H,7,9-10,14H2,1-2H3,(H,25,31)(H,28,32). The van der Waals surface area contributed by atoms with Crippen molar-refractivity contribution in [3.8, 4) is 5.75 Å². The summed E-state index contributed by atoms with van der Waals surface area (Å²) in [5.41, 5.74) is 5.52. The number of methoxy groups -OCH3 is 1. The Kier molecular flexibility index (Phi) is 5.39. The molecule has 0 saturated carbocycles. The zero-order valence-corrected chi connectivity index (χ0v) is 18.5. The number of hydrogen-bond acceptors (Lipinski definition) is 6. The molecule has 1 amide bonds. The third-order valence-electron chi connectivity index (χ3n) is 6.03. The number of amides is 1. The van der Waals surface area contributed by atoms with Gasteiger partial charge in [-0.25, -0.2) is 4.52 Å². The van der Waals surface area contributed by atoms with Crippen LogP contribution in [0.2, 0.25) is 0 Å². The highest BCUT2D eigenvalue weighted by atomic mass is 16.5. The van der Waals surface area contributed by atoms with Gasteiger partial charge < -0.3 is 15.0 Å². The van der Waals surface area contributed by atoms with E-state index in [4.69, 9.17) is 4.74 Å². The van der Waals surface area contributed by atoms with Crippen molar-refractivity contribution in [2.45, 2.75) is 13.0 Å². The van der Waals surface area contributed by atoms with Gasteiger partial charge in [-0.2, -0.15) is 5.10 Å². The first-order valence-corrected chi connectivity index (χ1v) is 10.7. The molecule has 5 rings (SSSR count). The second-order valence-electron chi connectivity index (χ2n) is 7.99. The van der Waals surface area contributed by atoms with Crippen LogP contribution in [0.15, 0.2) is 53.6 Å². The molecule has 2 N–H and O–H groups in total. The Hall–Kier alpha value is -3.98. The van der Waals surface area contributed by atoms with E-state index in [1.54, 1.807) is 43.2 Å². The number of hydrogen-bond donors (Lipinski definition) is 2. The molecule has 9 nitrogen and oxygen atoms in total. The molecule has 0 bridgehead atoms. The Balaban J connectivity index is 1.37. The Morgan fingerprint density at radius 2 is 2.12 bits per heavy atom. The molecule has 3 aromatic heterocycles. The highest BCUT2D eigenvalue weighted by molar-refractivity contribution is 5.92. The van der Waals surface area contributed by atoms with E-state index in [-0.39, 0.29) is 11.5 Å². The van der Waals surface area contributed by atoms with E-state index in [0.717, 1.165) is 47.4 Å². The number of aromatic amines is 1. The number of ether oxygens (including phenoxy) is 1. The van der Waals surface area contributed by atoms with Gasteiger partial charge in [0.1, 0.15) is 17.0 Å². The lowest BCUT2D eigenvalue weighted by atomic mass is 10.00. The van der Waals surface area contributed by atoms with Gasteiger partial charge in [0.25, 0.3) is 11.5 Å². The fourth-order valence-corrected chi connectivity index (χ4v) is 4.26. The summed E-state index contributed by atoms with van der Waals surface area (Å²) in [4.78, 5) is 33.6. The Bertz CT molecular complexity index is 1430. The van der Waals surface area contributed by atoms with E-state index >= 15 is 0 Å². The first-order valence-electron chi connectivity index (χ1n) is 10.7. The van der Waals surface area contributed by atoms with E-state index in [9.17, 15) is 9.59 Å². The lowest BCUT2D eigenvalue weighted by molar-refractivity contribution is 0.0958. The molecule has 0 spiro atoms. The second kappa shape index (κ2) is 8.51. The van der Waals surface area contributed by atoms with E-state index in [1.165, 1.54) is 5.57 Å². The molecule has 0 unspecified atom stereocenters. The third kappa shape index (κ3) is 3.87. The van der Waals surface area contributed by atoms with Crippen LogP contribution >= 0.6 is 0 Å². The van der Waals surface area contributed by atoms with Crippen molar-refractivity contribution in [1.29, 1.82) is 0 Å². The first kappa shape index (κ1) is 20.9. The number of aromatic nitrogens is 4. The molecule has 1 aliphatic rings. The summed E-state index contributed by atoms with van der Waals surface area (Å²) in [6.07, 6.45) is 6.44. The maximum absolute atomic E-state index is 12.4. The molecule has 4 heterocycles. The van der Waals surface area contributed by atoms with Crippen LogP contribution in [0.25, 0.3) is 22.1 Å². The van der Waals surface area contributed by atoms with E-state index in [0.29, 0.717) is 17.8 Å². The SMILES string of the molecule is CNC(=O)c1ccc(C2=CCN(Cc3cc4[nH]c(=O)c5ccnn5c4cc3OC)CC2)cn1. The number of benzene rings is 1. The fraction of sp³-hybridized carbons (Fsp3) is 0.250. The average Bonchev–Trinajstić information content (AvgIpc) is 3.35. The zero-order chi connectivity index (χ0) is 22.9. The maximum atomic E-state index is 12.4. The van der Waals surface area contributed by atoms with Gasteiger partial charge in [-0.3, -0.25) is 19.5 Å². The normalized spacial score (nSPS) is 14.4. The molecular weight excluding hydrogens is 420 g/mol. The van der Waals surface area contributed by atoms with Gasteiger partial charge in [0.2, 0.25) is 0 Å². The Morgan fingerprint density at radius 1 is 1.24 bits per heavy atom. The molecule has 1 aromatic carbocycles. The molecular formula is C24H24N6O3. The van der Waals surface area contributed by atoms with Gasteiger partial charge in [-0.1, -0.05) is 12.1 Å². The number of carbonyl (C=O) groups excluding carboxylic acids is 1. The Morgan fingerprint density at radius 3 is 2.82 bits per heavy atom. The van der Waals surface area contributed by atoms with Crippen LogP contribution < -0.4 is 15.6 Å². The van der Waals surface area contributed by atoms with Crippen LogP contribution in [0.5, 0.6) is 5.75 Å². The van der Waals surface area contributed by atoms with Crippen LogP contribution in [0.4, 0.5) is 0 Å². The second-order valence-corrected chi connectivity index (χ2v) is 7.99. The van der Waals surface area contributed by atoms with Gasteiger partial charge in [0.05, 0.1) is 24.3 Å². The number of nitrogens with one attached hydrogen (secondary N) is 2. The largest absolute Gasteiger partial charge is 0.496 e. The molecule has 0 saturated heterocycles. The number of pyridine rings is 1. The van der Waals surface area contributed by atoms with Gasteiger partial charge in [-0.15, -0.1) is 0 Å². The monoisotopic (exact) mass is 444 g/mol. The summed E-state index contributed by atoms with van der Waals surface area (Å²) in [6, 6.07) is 9.28. The van der Waals surface area contributed by atoms with Crippen molar-refractivity contribution in [2.24, 2.45) is 0 Å². The molecule has 0 radical (unpaired) electrons. The quantitative estimate of drug-likeness (QED) is 0.489. The van der Waals surface area contributed by atoms with Crippen LogP contribution in [-0.4, -0.2) is 57.6 Å². The smallest absolute Gasteiger partial charge is 0.274 e. The van der Waals surface area contributed by atoms with E-state index < -0.39 is 0 Å². The van der Waals surface area contributed by atoms with Gasteiger partial charge in [-0.05, 0) is 35.8 Å². The number of H-pyrrole nitrogens is 1. The molecule has 4 aromatic rings. The maximum Gasteiger partial charge on any atom is 0.274 e. The van der Waals surface area contributed by atoms with E-state index in [1.807, 2.05) is 18.2 Å². The minimum Gasteiger partial charge on any atom is -0.496 e. The lowest BCUT2D eigenvalue weighted by Gasteiger charge is -2.27. The molecule has 9 heteroatoms. The molecule has 0 atom stereocenters. The topological polar surface area (TPSA) is 105 Å². The van der Waals surface area contributed by atoms with Gasteiger partial charge >= 0.3 is 0 Å². The average molecular weight is 444 g/mol. The number of nitrogens with zero attached hydrogens (tertiary/aromatic N) is 4. The zero-order valence-electron chi connectivity index (χ0n) is 18.5. The number of fused-ring (bicyclic) bond motifs is 3. The minimum absolute atomic E-state index is 0.169.